The first kappa shape index (κ1) is 14.8. The summed E-state index contributed by atoms with van der Waals surface area (Å²) in [5.74, 6) is -3.45. The predicted octanol–water partition coefficient (Wildman–Crippen LogP) is 1.87. The van der Waals surface area contributed by atoms with Gasteiger partial charge in [0.25, 0.3) is 0 Å². The molecule has 102 valence electrons. The van der Waals surface area contributed by atoms with Crippen molar-refractivity contribution in [3.05, 3.63) is 24.3 Å². The summed E-state index contributed by atoms with van der Waals surface area (Å²) in [7, 11) is -4.62. The van der Waals surface area contributed by atoms with Crippen LogP contribution in [0.4, 0.5) is 14.5 Å². The van der Waals surface area contributed by atoms with E-state index >= 15 is 0 Å². The van der Waals surface area contributed by atoms with Gasteiger partial charge in [-0.05, 0) is 25.5 Å². The van der Waals surface area contributed by atoms with Crippen LogP contribution < -0.4 is 5.32 Å². The Kier molecular flexibility index (Phi) is 5.03. The topological polar surface area (TPSA) is 66.4 Å². The average Bonchev–Trinajstić information content (AvgIpc) is 2.28. The number of aliphatic hydroxyl groups is 1. The number of aliphatic hydroxyl groups excluding tert-OH is 1. The third kappa shape index (κ3) is 3.64. The maximum atomic E-state index is 12.5. The zero-order chi connectivity index (χ0) is 13.8. The van der Waals surface area contributed by atoms with Crippen LogP contribution in [0.15, 0.2) is 29.2 Å². The molecule has 1 aromatic carbocycles. The van der Waals surface area contributed by atoms with Gasteiger partial charge in [-0.1, -0.05) is 12.1 Å². The number of sulfone groups is 1. The van der Waals surface area contributed by atoms with E-state index < -0.39 is 26.6 Å². The highest BCUT2D eigenvalue weighted by atomic mass is 32.2. The van der Waals surface area contributed by atoms with Gasteiger partial charge in [0, 0.05) is 6.54 Å². The molecular formula is C11H15F2NO3S. The van der Waals surface area contributed by atoms with Gasteiger partial charge in [-0.3, -0.25) is 0 Å². The molecule has 0 bridgehead atoms. The molecule has 0 aliphatic rings. The highest BCUT2D eigenvalue weighted by molar-refractivity contribution is 7.91. The molecule has 0 aliphatic heterocycles. The van der Waals surface area contributed by atoms with Crippen molar-refractivity contribution >= 4 is 15.5 Å². The van der Waals surface area contributed by atoms with Gasteiger partial charge in [0.05, 0.1) is 16.7 Å². The standard InChI is InChI=1S/C11H15F2NO3S/c1-8(15)6-7-14-9-4-2-3-5-10(9)18(16,17)11(12)13/h2-5,8,11,14-15H,6-7H2,1H3. The van der Waals surface area contributed by atoms with E-state index in [1.165, 1.54) is 12.1 Å². The highest BCUT2D eigenvalue weighted by Crippen LogP contribution is 2.25. The van der Waals surface area contributed by atoms with E-state index in [1.54, 1.807) is 13.0 Å². The number of halogens is 2. The average molecular weight is 279 g/mol. The van der Waals surface area contributed by atoms with E-state index in [-0.39, 0.29) is 5.69 Å². The molecule has 0 aliphatic carbocycles. The van der Waals surface area contributed by atoms with Crippen LogP contribution in [0.25, 0.3) is 0 Å². The highest BCUT2D eigenvalue weighted by Gasteiger charge is 2.28. The molecule has 0 saturated heterocycles. The SMILES string of the molecule is CC(O)CCNc1ccccc1S(=O)(=O)C(F)F. The second-order valence-electron chi connectivity index (χ2n) is 3.87. The first-order chi connectivity index (χ1) is 8.35. The third-order valence-corrected chi connectivity index (χ3v) is 3.74. The number of nitrogens with one attached hydrogen (secondary N) is 1. The normalized spacial score (nSPS) is 13.6. The van der Waals surface area contributed by atoms with E-state index in [2.05, 4.69) is 5.32 Å². The number of anilines is 1. The van der Waals surface area contributed by atoms with E-state index in [0.717, 1.165) is 6.07 Å². The maximum absolute atomic E-state index is 12.5. The largest absolute Gasteiger partial charge is 0.393 e. The fourth-order valence-electron chi connectivity index (χ4n) is 1.37. The van der Waals surface area contributed by atoms with Crippen LogP contribution >= 0.6 is 0 Å². The molecule has 1 rings (SSSR count). The lowest BCUT2D eigenvalue weighted by Crippen LogP contribution is -2.16. The first-order valence-corrected chi connectivity index (χ1v) is 6.93. The number of hydrogen-bond donors (Lipinski definition) is 2. The van der Waals surface area contributed by atoms with Gasteiger partial charge in [0.2, 0.25) is 9.84 Å². The number of alkyl halides is 2. The Morgan fingerprint density at radius 2 is 1.94 bits per heavy atom. The van der Waals surface area contributed by atoms with Crippen LogP contribution in [-0.4, -0.2) is 31.9 Å². The molecule has 0 spiro atoms. The van der Waals surface area contributed by atoms with E-state index in [9.17, 15) is 17.2 Å². The Balaban J connectivity index is 2.94. The van der Waals surface area contributed by atoms with Crippen molar-refractivity contribution in [3.8, 4) is 0 Å². The third-order valence-electron chi connectivity index (χ3n) is 2.31. The lowest BCUT2D eigenvalue weighted by atomic mass is 10.2. The van der Waals surface area contributed by atoms with Crippen molar-refractivity contribution in [1.29, 1.82) is 0 Å². The van der Waals surface area contributed by atoms with Crippen LogP contribution in [0, 0.1) is 0 Å². The lowest BCUT2D eigenvalue weighted by Gasteiger charge is -2.12. The van der Waals surface area contributed by atoms with Gasteiger partial charge in [-0.25, -0.2) is 8.42 Å². The summed E-state index contributed by atoms with van der Waals surface area (Å²) in [6.07, 6.45) is -0.153. The van der Waals surface area contributed by atoms with Crippen LogP contribution in [0.3, 0.4) is 0 Å². The second kappa shape index (κ2) is 6.10. The number of para-hydroxylation sites is 1. The quantitative estimate of drug-likeness (QED) is 0.834. The first-order valence-electron chi connectivity index (χ1n) is 5.38. The molecular weight excluding hydrogens is 264 g/mol. The summed E-state index contributed by atoms with van der Waals surface area (Å²) in [5.41, 5.74) is 0.124. The molecule has 18 heavy (non-hydrogen) atoms. The summed E-state index contributed by atoms with van der Waals surface area (Å²) in [6, 6.07) is 5.48. The molecule has 0 aromatic heterocycles. The van der Waals surface area contributed by atoms with Gasteiger partial charge in [-0.2, -0.15) is 8.78 Å². The molecule has 0 heterocycles. The van der Waals surface area contributed by atoms with Crippen molar-refractivity contribution in [2.75, 3.05) is 11.9 Å². The lowest BCUT2D eigenvalue weighted by molar-refractivity contribution is 0.188. The Morgan fingerprint density at radius 3 is 2.50 bits per heavy atom. The zero-order valence-corrected chi connectivity index (χ0v) is 10.6. The molecule has 1 unspecified atom stereocenters. The van der Waals surface area contributed by atoms with Gasteiger partial charge >= 0.3 is 5.76 Å². The minimum Gasteiger partial charge on any atom is -0.393 e. The van der Waals surface area contributed by atoms with Crippen LogP contribution in [0.5, 0.6) is 0 Å². The summed E-state index contributed by atoms with van der Waals surface area (Å²) < 4.78 is 47.8. The molecule has 2 N–H and O–H groups in total. The Bertz CT molecular complexity index is 489. The van der Waals surface area contributed by atoms with Crippen molar-refractivity contribution in [1.82, 2.24) is 0 Å². The molecule has 4 nitrogen and oxygen atoms in total. The van der Waals surface area contributed by atoms with Crippen molar-refractivity contribution < 1.29 is 22.3 Å². The Morgan fingerprint density at radius 1 is 1.33 bits per heavy atom. The predicted molar refractivity (Wildman–Crippen MR) is 64.4 cm³/mol. The molecule has 0 saturated carbocycles. The molecule has 1 atom stereocenters. The maximum Gasteiger partial charge on any atom is 0.341 e. The van der Waals surface area contributed by atoms with Crippen LogP contribution in [-0.2, 0) is 9.84 Å². The smallest absolute Gasteiger partial charge is 0.341 e. The van der Waals surface area contributed by atoms with Gasteiger partial charge in [0.15, 0.2) is 0 Å². The summed E-state index contributed by atoms with van der Waals surface area (Å²) in [6.45, 7) is 1.89. The fourth-order valence-corrected chi connectivity index (χ4v) is 2.28. The number of rotatable bonds is 6. The molecule has 0 amide bonds. The molecule has 0 fully saturated rings. The molecule has 1 aromatic rings. The van der Waals surface area contributed by atoms with E-state index in [1.807, 2.05) is 0 Å². The zero-order valence-electron chi connectivity index (χ0n) is 9.81. The minimum atomic E-state index is -4.62. The van der Waals surface area contributed by atoms with Crippen LogP contribution in [0.1, 0.15) is 13.3 Å². The second-order valence-corrected chi connectivity index (χ2v) is 5.75. The minimum absolute atomic E-state index is 0.124. The summed E-state index contributed by atoms with van der Waals surface area (Å²) in [4.78, 5) is -0.425. The van der Waals surface area contributed by atoms with Crippen molar-refractivity contribution in [2.24, 2.45) is 0 Å². The summed E-state index contributed by atoms with van der Waals surface area (Å²) >= 11 is 0. The Hall–Kier alpha value is -1.21. The summed E-state index contributed by atoms with van der Waals surface area (Å²) in [5, 5.41) is 11.8. The molecule has 7 heteroatoms. The Labute approximate surface area is 105 Å². The van der Waals surface area contributed by atoms with Crippen molar-refractivity contribution in [2.45, 2.75) is 30.1 Å². The van der Waals surface area contributed by atoms with Crippen LogP contribution in [0.2, 0.25) is 0 Å². The number of benzene rings is 1. The monoisotopic (exact) mass is 279 g/mol. The fraction of sp³-hybridized carbons (Fsp3) is 0.455. The van der Waals surface area contributed by atoms with Gasteiger partial charge < -0.3 is 10.4 Å². The van der Waals surface area contributed by atoms with E-state index in [0.29, 0.717) is 13.0 Å². The van der Waals surface area contributed by atoms with Gasteiger partial charge in [0.1, 0.15) is 0 Å². The molecule has 0 radical (unpaired) electrons. The van der Waals surface area contributed by atoms with Gasteiger partial charge in [-0.15, -0.1) is 0 Å². The van der Waals surface area contributed by atoms with E-state index in [4.69, 9.17) is 5.11 Å². The van der Waals surface area contributed by atoms with Crippen molar-refractivity contribution in [3.63, 3.8) is 0 Å². The number of hydrogen-bond acceptors (Lipinski definition) is 4.